The lowest BCUT2D eigenvalue weighted by molar-refractivity contribution is -0.123. The van der Waals surface area contributed by atoms with E-state index in [2.05, 4.69) is 37.2 Å². The highest BCUT2D eigenvalue weighted by atomic mass is 79.9. The van der Waals surface area contributed by atoms with Crippen molar-refractivity contribution in [3.8, 4) is 11.5 Å². The van der Waals surface area contributed by atoms with Gasteiger partial charge in [-0.05, 0) is 124 Å². The third-order valence-electron chi connectivity index (χ3n) is 6.09. The van der Waals surface area contributed by atoms with Gasteiger partial charge in [-0.3, -0.25) is 19.3 Å². The zero-order valence-electron chi connectivity index (χ0n) is 22.1. The smallest absolute Gasteiger partial charge is 0.293 e. The molecule has 214 valence electrons. The molecule has 1 aliphatic heterocycles. The fourth-order valence-electron chi connectivity index (χ4n) is 3.90. The first-order valence-corrected chi connectivity index (χ1v) is 15.5. The quantitative estimate of drug-likeness (QED) is 0.221. The molecule has 7 nitrogen and oxygen atoms in total. The third kappa shape index (κ3) is 7.48. The fourth-order valence-corrected chi connectivity index (χ4v) is 6.39. The maximum atomic E-state index is 13.1. The molecule has 0 spiro atoms. The van der Waals surface area contributed by atoms with Crippen molar-refractivity contribution in [2.24, 2.45) is 0 Å². The van der Waals surface area contributed by atoms with Crippen LogP contribution in [-0.4, -0.2) is 35.2 Å². The number of nitrogens with zero attached hydrogens (tertiary/aromatic N) is 1. The highest BCUT2D eigenvalue weighted by Gasteiger charge is 2.36. The number of ether oxygens (including phenoxy) is 2. The van der Waals surface area contributed by atoms with Crippen molar-refractivity contribution in [3.63, 3.8) is 0 Å². The van der Waals surface area contributed by atoms with Crippen LogP contribution in [0.1, 0.15) is 29.2 Å². The molecule has 1 N–H and O–H groups in total. The van der Waals surface area contributed by atoms with Crippen LogP contribution in [0.5, 0.6) is 11.5 Å². The summed E-state index contributed by atoms with van der Waals surface area (Å²) in [5.41, 5.74) is 3.89. The van der Waals surface area contributed by atoms with Crippen LogP contribution < -0.4 is 14.8 Å². The highest BCUT2D eigenvalue weighted by Crippen LogP contribution is 2.40. The van der Waals surface area contributed by atoms with Gasteiger partial charge in [0.2, 0.25) is 0 Å². The molecule has 3 aromatic carbocycles. The van der Waals surface area contributed by atoms with Gasteiger partial charge in [-0.1, -0.05) is 29.3 Å². The number of hydrogen-bond donors (Lipinski definition) is 1. The van der Waals surface area contributed by atoms with Crippen molar-refractivity contribution >= 4 is 95.6 Å². The maximum Gasteiger partial charge on any atom is 0.293 e. The number of carbonyl (C=O) groups excluding carboxylic acids is 3. The number of nitrogens with one attached hydrogen (secondary N) is 1. The minimum absolute atomic E-state index is 0.0397. The van der Waals surface area contributed by atoms with Crippen LogP contribution in [0.15, 0.2) is 56.3 Å². The van der Waals surface area contributed by atoms with E-state index in [1.54, 1.807) is 36.4 Å². The van der Waals surface area contributed by atoms with Crippen molar-refractivity contribution in [1.29, 1.82) is 0 Å². The molecule has 3 amide bonds. The van der Waals surface area contributed by atoms with Crippen LogP contribution in [0.2, 0.25) is 10.0 Å². The Kier molecular flexibility index (Phi) is 10.5. The van der Waals surface area contributed by atoms with Crippen LogP contribution in [0, 0.1) is 13.8 Å². The van der Waals surface area contributed by atoms with Crippen LogP contribution in [0.4, 0.5) is 10.5 Å². The molecule has 0 unspecified atom stereocenters. The van der Waals surface area contributed by atoms with Gasteiger partial charge in [-0.15, -0.1) is 0 Å². The molecule has 12 heteroatoms. The monoisotopic (exact) mass is 740 g/mol. The fraction of sp³-hybridized carbons (Fsp3) is 0.207. The van der Waals surface area contributed by atoms with E-state index in [1.807, 2.05) is 32.9 Å². The molecule has 0 atom stereocenters. The predicted octanol–water partition coefficient (Wildman–Crippen LogP) is 8.79. The van der Waals surface area contributed by atoms with E-state index >= 15 is 0 Å². The summed E-state index contributed by atoms with van der Waals surface area (Å²) < 4.78 is 12.9. The van der Waals surface area contributed by atoms with E-state index in [9.17, 15) is 14.4 Å². The maximum absolute atomic E-state index is 13.1. The van der Waals surface area contributed by atoms with Gasteiger partial charge in [0.05, 0.1) is 28.2 Å². The lowest BCUT2D eigenvalue weighted by atomic mass is 10.1. The van der Waals surface area contributed by atoms with Crippen molar-refractivity contribution < 1.29 is 23.9 Å². The lowest BCUT2D eigenvalue weighted by Gasteiger charge is -2.16. The average Bonchev–Trinajstić information content (AvgIpc) is 3.16. The zero-order valence-corrected chi connectivity index (χ0v) is 27.6. The number of carbonyl (C=O) groups is 3. The number of imide groups is 1. The van der Waals surface area contributed by atoms with Crippen LogP contribution >= 0.6 is 66.8 Å². The molecule has 0 aliphatic carbocycles. The number of anilines is 1. The number of aryl methyl sites for hydroxylation is 2. The molecule has 4 rings (SSSR count). The van der Waals surface area contributed by atoms with Crippen LogP contribution in [-0.2, 0) is 16.1 Å². The first-order valence-electron chi connectivity index (χ1n) is 12.3. The molecule has 1 heterocycles. The molecule has 3 aromatic rings. The second-order valence-corrected chi connectivity index (χ2v) is 12.5. The topological polar surface area (TPSA) is 84.9 Å². The first kappa shape index (κ1) is 31.4. The number of halogens is 4. The summed E-state index contributed by atoms with van der Waals surface area (Å²) >= 11 is 20.3. The predicted molar refractivity (Wildman–Crippen MR) is 171 cm³/mol. The number of amides is 3. The van der Waals surface area contributed by atoms with Crippen molar-refractivity contribution in [2.75, 3.05) is 18.5 Å². The van der Waals surface area contributed by atoms with Gasteiger partial charge in [0.25, 0.3) is 17.1 Å². The van der Waals surface area contributed by atoms with E-state index in [1.165, 1.54) is 0 Å². The average molecular weight is 743 g/mol. The highest BCUT2D eigenvalue weighted by molar-refractivity contribution is 9.11. The Hall–Kier alpha value is -2.50. The molecule has 0 saturated carbocycles. The molecule has 1 saturated heterocycles. The largest absolute Gasteiger partial charge is 0.490 e. The summed E-state index contributed by atoms with van der Waals surface area (Å²) in [4.78, 5) is 39.8. The Labute approximate surface area is 268 Å². The summed E-state index contributed by atoms with van der Waals surface area (Å²) in [6, 6.07) is 12.2. The molecule has 0 bridgehead atoms. The SMILES string of the molecule is CCOc1cc(C=C2SC(=O)N(Cc3c(Cl)cccc3Cl)C2=O)cc(Br)c1OCC(=O)Nc1cc(C)c(C)cc1Br. The Balaban J connectivity index is 1.51. The molecular formula is C29H24Br2Cl2N2O5S. The van der Waals surface area contributed by atoms with Crippen molar-refractivity contribution in [2.45, 2.75) is 27.3 Å². The van der Waals surface area contributed by atoms with Crippen molar-refractivity contribution in [1.82, 2.24) is 4.90 Å². The normalized spacial score (nSPS) is 14.1. The van der Waals surface area contributed by atoms with Gasteiger partial charge in [-0.2, -0.15) is 0 Å². The summed E-state index contributed by atoms with van der Waals surface area (Å²) in [6.07, 6.45) is 1.60. The molecule has 1 fully saturated rings. The minimum Gasteiger partial charge on any atom is -0.490 e. The van der Waals surface area contributed by atoms with E-state index in [0.717, 1.165) is 32.3 Å². The summed E-state index contributed by atoms with van der Waals surface area (Å²) in [6.45, 7) is 5.81. The van der Waals surface area contributed by atoms with Gasteiger partial charge < -0.3 is 14.8 Å². The Morgan fingerprint density at radius 3 is 2.39 bits per heavy atom. The van der Waals surface area contributed by atoms with Crippen molar-refractivity contribution in [3.05, 3.63) is 88.6 Å². The molecule has 0 radical (unpaired) electrons. The Bertz CT molecular complexity index is 1560. The summed E-state index contributed by atoms with van der Waals surface area (Å²) in [7, 11) is 0. The molecular weight excluding hydrogens is 719 g/mol. The van der Waals surface area contributed by atoms with E-state index in [4.69, 9.17) is 32.7 Å². The Morgan fingerprint density at radius 1 is 1.02 bits per heavy atom. The molecule has 1 aliphatic rings. The number of hydrogen-bond acceptors (Lipinski definition) is 6. The summed E-state index contributed by atoms with van der Waals surface area (Å²) in [5.74, 6) is -0.102. The molecule has 0 aromatic heterocycles. The van der Waals surface area contributed by atoms with Gasteiger partial charge in [-0.25, -0.2) is 0 Å². The van der Waals surface area contributed by atoms with Gasteiger partial charge in [0.1, 0.15) is 0 Å². The number of benzene rings is 3. The van der Waals surface area contributed by atoms with E-state index in [-0.39, 0.29) is 24.0 Å². The van der Waals surface area contributed by atoms with E-state index < -0.39 is 11.1 Å². The van der Waals surface area contributed by atoms with Gasteiger partial charge >= 0.3 is 0 Å². The first-order chi connectivity index (χ1) is 19.5. The molecule has 41 heavy (non-hydrogen) atoms. The second kappa shape index (κ2) is 13.6. The standard InChI is InChI=1S/C29H24Br2Cl2N2O5S/c1-4-39-24-11-17(12-25-28(37)35(29(38)41-25)13-18-21(32)6-5-7-22(18)33)10-20(31)27(24)40-14-26(36)34-23-9-16(3)15(2)8-19(23)30/h5-12H,4,13-14H2,1-3H3,(H,34,36). The third-order valence-corrected chi connectivity index (χ3v) is 8.95. The van der Waals surface area contributed by atoms with Gasteiger partial charge in [0.15, 0.2) is 18.1 Å². The number of thioether (sulfide) groups is 1. The lowest BCUT2D eigenvalue weighted by Crippen LogP contribution is -2.27. The van der Waals surface area contributed by atoms with Gasteiger partial charge in [0, 0.05) is 20.1 Å². The van der Waals surface area contributed by atoms with Crippen LogP contribution in [0.25, 0.3) is 6.08 Å². The minimum atomic E-state index is -0.459. The van der Waals surface area contributed by atoms with E-state index in [0.29, 0.717) is 49.4 Å². The second-order valence-electron chi connectivity index (χ2n) is 8.98. The van der Waals surface area contributed by atoms with Crippen LogP contribution in [0.3, 0.4) is 0 Å². The summed E-state index contributed by atoms with van der Waals surface area (Å²) in [5, 5.41) is 3.16. The number of rotatable bonds is 9. The Morgan fingerprint density at radius 2 is 1.71 bits per heavy atom. The zero-order chi connectivity index (χ0) is 29.8.